The summed E-state index contributed by atoms with van der Waals surface area (Å²) < 4.78 is 7.00. The lowest BCUT2D eigenvalue weighted by Gasteiger charge is -2.06. The zero-order valence-corrected chi connectivity index (χ0v) is 10.3. The lowest BCUT2D eigenvalue weighted by molar-refractivity contribution is -0.121. The molecule has 90 valence electrons. The Kier molecular flexibility index (Phi) is 5.13. The minimum atomic E-state index is -0.0933. The van der Waals surface area contributed by atoms with Gasteiger partial charge in [-0.15, -0.1) is 0 Å². The van der Waals surface area contributed by atoms with Crippen LogP contribution in [-0.4, -0.2) is 40.9 Å². The Balaban J connectivity index is 2.55. The molecule has 0 saturated heterocycles. The molecule has 1 rings (SSSR count). The van der Waals surface area contributed by atoms with Crippen molar-refractivity contribution < 1.29 is 9.53 Å². The number of aromatic amines is 1. The molecule has 0 unspecified atom stereocenters. The number of methoxy groups -OCH3 is 1. The van der Waals surface area contributed by atoms with Crippen LogP contribution in [0.4, 0.5) is 0 Å². The van der Waals surface area contributed by atoms with E-state index in [1.165, 1.54) is 0 Å². The molecule has 0 radical (unpaired) electrons. The van der Waals surface area contributed by atoms with Crippen LogP contribution in [0.5, 0.6) is 0 Å². The van der Waals surface area contributed by atoms with E-state index in [1.54, 1.807) is 11.7 Å². The summed E-state index contributed by atoms with van der Waals surface area (Å²) in [5.41, 5.74) is 0. The maximum absolute atomic E-state index is 11.5. The number of hydrogen-bond acceptors (Lipinski definition) is 4. The Labute approximate surface area is 99.0 Å². The summed E-state index contributed by atoms with van der Waals surface area (Å²) >= 11 is 5.03. The molecule has 0 saturated carbocycles. The molecule has 7 heteroatoms. The molecule has 0 bridgehead atoms. The summed E-state index contributed by atoms with van der Waals surface area (Å²) in [4.78, 5) is 11.5. The highest BCUT2D eigenvalue weighted by molar-refractivity contribution is 7.71. The van der Waals surface area contributed by atoms with Crippen LogP contribution in [-0.2, 0) is 22.5 Å². The molecular formula is C9H16N4O2S. The molecule has 0 aliphatic heterocycles. The van der Waals surface area contributed by atoms with Gasteiger partial charge in [0.15, 0.2) is 4.77 Å². The van der Waals surface area contributed by atoms with Crippen molar-refractivity contribution in [1.82, 2.24) is 20.1 Å². The predicted molar refractivity (Wildman–Crippen MR) is 61.7 cm³/mol. The lowest BCUT2D eigenvalue weighted by atomic mass is 10.4. The van der Waals surface area contributed by atoms with Gasteiger partial charge in [0.25, 0.3) is 0 Å². The van der Waals surface area contributed by atoms with Crippen LogP contribution in [0.25, 0.3) is 0 Å². The number of aromatic nitrogens is 3. The monoisotopic (exact) mass is 244 g/mol. The van der Waals surface area contributed by atoms with E-state index in [0.29, 0.717) is 17.9 Å². The number of rotatable bonds is 6. The molecule has 6 nitrogen and oxygen atoms in total. The molecule has 16 heavy (non-hydrogen) atoms. The van der Waals surface area contributed by atoms with Crippen LogP contribution < -0.4 is 5.32 Å². The molecule has 0 aromatic carbocycles. The molecule has 1 aromatic heterocycles. The van der Waals surface area contributed by atoms with Gasteiger partial charge in [-0.1, -0.05) is 6.92 Å². The maximum atomic E-state index is 11.5. The molecular weight excluding hydrogens is 228 g/mol. The van der Waals surface area contributed by atoms with E-state index in [0.717, 1.165) is 12.2 Å². The lowest BCUT2D eigenvalue weighted by Crippen LogP contribution is -2.30. The Bertz CT molecular complexity index is 398. The van der Waals surface area contributed by atoms with Gasteiger partial charge in [-0.2, -0.15) is 5.10 Å². The highest BCUT2D eigenvalue weighted by Gasteiger charge is 2.08. The van der Waals surface area contributed by atoms with E-state index < -0.39 is 0 Å². The summed E-state index contributed by atoms with van der Waals surface area (Å²) in [6.45, 7) is 3.16. The van der Waals surface area contributed by atoms with Gasteiger partial charge in [0.05, 0.1) is 6.61 Å². The van der Waals surface area contributed by atoms with Crippen molar-refractivity contribution in [1.29, 1.82) is 0 Å². The van der Waals surface area contributed by atoms with Gasteiger partial charge in [0.2, 0.25) is 5.91 Å². The third-order valence-electron chi connectivity index (χ3n) is 2.08. The average Bonchev–Trinajstić information content (AvgIpc) is 2.61. The zero-order valence-electron chi connectivity index (χ0n) is 9.45. The topological polar surface area (TPSA) is 71.9 Å². The molecule has 2 N–H and O–H groups in total. The molecule has 0 fully saturated rings. The van der Waals surface area contributed by atoms with Gasteiger partial charge in [0.1, 0.15) is 12.4 Å². The molecule has 1 heterocycles. The first-order chi connectivity index (χ1) is 7.69. The fraction of sp³-hybridized carbons (Fsp3) is 0.667. The number of aryl methyl sites for hydroxylation is 1. The summed E-state index contributed by atoms with van der Waals surface area (Å²) in [6, 6.07) is 0. The maximum Gasteiger partial charge on any atom is 0.240 e. The normalized spacial score (nSPS) is 10.4. The molecule has 0 spiro atoms. The highest BCUT2D eigenvalue weighted by atomic mass is 32.1. The zero-order chi connectivity index (χ0) is 12.0. The Morgan fingerprint density at radius 2 is 2.44 bits per heavy atom. The van der Waals surface area contributed by atoms with E-state index in [-0.39, 0.29) is 12.5 Å². The minimum Gasteiger partial charge on any atom is -0.383 e. The Morgan fingerprint density at radius 1 is 1.69 bits per heavy atom. The van der Waals surface area contributed by atoms with Gasteiger partial charge in [-0.05, 0) is 12.2 Å². The summed E-state index contributed by atoms with van der Waals surface area (Å²) in [5.74, 6) is 0.691. The van der Waals surface area contributed by atoms with Crippen molar-refractivity contribution in [2.45, 2.75) is 19.9 Å². The molecule has 1 amide bonds. The van der Waals surface area contributed by atoms with E-state index >= 15 is 0 Å². The van der Waals surface area contributed by atoms with Crippen LogP contribution in [0, 0.1) is 4.77 Å². The van der Waals surface area contributed by atoms with Gasteiger partial charge in [-0.3, -0.25) is 14.5 Å². The van der Waals surface area contributed by atoms with Crippen LogP contribution in [0.3, 0.4) is 0 Å². The van der Waals surface area contributed by atoms with Crippen LogP contribution >= 0.6 is 12.2 Å². The largest absolute Gasteiger partial charge is 0.383 e. The Hall–Kier alpha value is -1.21. The van der Waals surface area contributed by atoms with Gasteiger partial charge < -0.3 is 10.1 Å². The van der Waals surface area contributed by atoms with E-state index in [1.807, 2.05) is 6.92 Å². The molecule has 0 aliphatic rings. The third-order valence-corrected chi connectivity index (χ3v) is 2.40. The van der Waals surface area contributed by atoms with Crippen molar-refractivity contribution in [2.75, 3.05) is 20.3 Å². The number of nitrogens with zero attached hydrogens (tertiary/aromatic N) is 2. The van der Waals surface area contributed by atoms with E-state index in [2.05, 4.69) is 15.5 Å². The second-order valence-corrected chi connectivity index (χ2v) is 3.61. The summed E-state index contributed by atoms with van der Waals surface area (Å²) in [7, 11) is 1.59. The van der Waals surface area contributed by atoms with E-state index in [4.69, 9.17) is 17.0 Å². The predicted octanol–water partition coefficient (Wildman–Crippen LogP) is 0.266. The van der Waals surface area contributed by atoms with Crippen LogP contribution in [0.15, 0.2) is 0 Å². The van der Waals surface area contributed by atoms with Crippen molar-refractivity contribution in [3.63, 3.8) is 0 Å². The summed E-state index contributed by atoms with van der Waals surface area (Å²) in [6.07, 6.45) is 0.735. The highest BCUT2D eigenvalue weighted by Crippen LogP contribution is 1.98. The fourth-order valence-corrected chi connectivity index (χ4v) is 1.49. The first kappa shape index (κ1) is 12.9. The van der Waals surface area contributed by atoms with Crippen molar-refractivity contribution in [2.24, 2.45) is 0 Å². The van der Waals surface area contributed by atoms with Gasteiger partial charge >= 0.3 is 0 Å². The fourth-order valence-electron chi connectivity index (χ4n) is 1.28. The van der Waals surface area contributed by atoms with Crippen molar-refractivity contribution in [3.8, 4) is 0 Å². The third kappa shape index (κ3) is 3.42. The van der Waals surface area contributed by atoms with Crippen molar-refractivity contribution in [3.05, 3.63) is 10.6 Å². The first-order valence-corrected chi connectivity index (χ1v) is 5.49. The molecule has 0 aliphatic carbocycles. The number of nitrogens with one attached hydrogen (secondary N) is 2. The SMILES string of the molecule is CCc1n[nH]c(=S)n1CC(=O)NCCOC. The van der Waals surface area contributed by atoms with Crippen LogP contribution in [0.1, 0.15) is 12.7 Å². The summed E-state index contributed by atoms with van der Waals surface area (Å²) in [5, 5.41) is 9.42. The van der Waals surface area contributed by atoms with Gasteiger partial charge in [-0.25, -0.2) is 0 Å². The molecule has 0 atom stereocenters. The second-order valence-electron chi connectivity index (χ2n) is 3.23. The number of carbonyl (C=O) groups excluding carboxylic acids is 1. The average molecular weight is 244 g/mol. The first-order valence-electron chi connectivity index (χ1n) is 5.08. The standard InChI is InChI=1S/C9H16N4O2S/c1-3-7-11-12-9(16)13(7)6-8(14)10-4-5-15-2/h3-6H2,1-2H3,(H,10,14)(H,12,16). The van der Waals surface area contributed by atoms with Crippen LogP contribution in [0.2, 0.25) is 0 Å². The van der Waals surface area contributed by atoms with E-state index in [9.17, 15) is 4.79 Å². The number of hydrogen-bond donors (Lipinski definition) is 2. The Morgan fingerprint density at radius 3 is 3.06 bits per heavy atom. The number of H-pyrrole nitrogens is 1. The smallest absolute Gasteiger partial charge is 0.240 e. The second kappa shape index (κ2) is 6.39. The molecule has 1 aromatic rings. The number of ether oxygens (including phenoxy) is 1. The van der Waals surface area contributed by atoms with Gasteiger partial charge in [0, 0.05) is 20.1 Å². The minimum absolute atomic E-state index is 0.0933. The van der Waals surface area contributed by atoms with Crippen molar-refractivity contribution >= 4 is 18.1 Å². The number of carbonyl (C=O) groups is 1. The number of amides is 1. The quantitative estimate of drug-likeness (QED) is 0.556.